The first kappa shape index (κ1) is 13.7. The molecule has 0 saturated carbocycles. The lowest BCUT2D eigenvalue weighted by molar-refractivity contribution is -0.127. The molecule has 4 nitrogen and oxygen atoms in total. The smallest absolute Gasteiger partial charge is 0.260 e. The lowest BCUT2D eigenvalue weighted by atomic mass is 10.0. The summed E-state index contributed by atoms with van der Waals surface area (Å²) >= 11 is 0. The third-order valence-corrected chi connectivity index (χ3v) is 3.00. The van der Waals surface area contributed by atoms with Crippen LogP contribution in [0.4, 0.5) is 8.78 Å². The first-order chi connectivity index (χ1) is 9.06. The number of carbonyl (C=O) groups excluding carboxylic acids is 1. The molecule has 0 spiro atoms. The summed E-state index contributed by atoms with van der Waals surface area (Å²) in [4.78, 5) is 11.7. The van der Waals surface area contributed by atoms with Crippen molar-refractivity contribution in [1.82, 2.24) is 10.6 Å². The Kier molecular flexibility index (Phi) is 4.31. The Bertz CT molecular complexity index is 464. The molecule has 1 aromatic carbocycles. The SMILES string of the molecule is CC(Oc1ccc(F)c(F)c1)C(=O)NCC1CNC1. The Morgan fingerprint density at radius 2 is 2.21 bits per heavy atom. The molecule has 1 fully saturated rings. The fourth-order valence-electron chi connectivity index (χ4n) is 1.69. The molecule has 1 unspecified atom stereocenters. The molecule has 0 radical (unpaired) electrons. The highest BCUT2D eigenvalue weighted by Gasteiger charge is 2.20. The molecule has 1 aromatic rings. The van der Waals surface area contributed by atoms with Crippen LogP contribution in [0.3, 0.4) is 0 Å². The molecule has 19 heavy (non-hydrogen) atoms. The van der Waals surface area contributed by atoms with Gasteiger partial charge in [0.15, 0.2) is 17.7 Å². The fraction of sp³-hybridized carbons (Fsp3) is 0.462. The van der Waals surface area contributed by atoms with E-state index in [2.05, 4.69) is 10.6 Å². The summed E-state index contributed by atoms with van der Waals surface area (Å²) in [7, 11) is 0. The van der Waals surface area contributed by atoms with Crippen LogP contribution >= 0.6 is 0 Å². The zero-order valence-electron chi connectivity index (χ0n) is 10.6. The summed E-state index contributed by atoms with van der Waals surface area (Å²) in [5.74, 6) is -1.62. The minimum Gasteiger partial charge on any atom is -0.481 e. The van der Waals surface area contributed by atoms with Gasteiger partial charge in [-0.25, -0.2) is 8.78 Å². The molecule has 1 atom stereocenters. The van der Waals surface area contributed by atoms with Crippen molar-refractivity contribution in [2.45, 2.75) is 13.0 Å². The number of hydrogen-bond donors (Lipinski definition) is 2. The standard InChI is InChI=1S/C13H16F2N2O2/c1-8(13(18)17-7-9-5-16-6-9)19-10-2-3-11(14)12(15)4-10/h2-4,8-9,16H,5-7H2,1H3,(H,17,18). The maximum absolute atomic E-state index is 13.0. The van der Waals surface area contributed by atoms with Crippen LogP contribution in [0.15, 0.2) is 18.2 Å². The lowest BCUT2D eigenvalue weighted by Gasteiger charge is -2.27. The molecule has 1 amide bonds. The molecule has 2 N–H and O–H groups in total. The Hall–Kier alpha value is -1.69. The third kappa shape index (κ3) is 3.64. The van der Waals surface area contributed by atoms with E-state index < -0.39 is 17.7 Å². The van der Waals surface area contributed by atoms with E-state index >= 15 is 0 Å². The monoisotopic (exact) mass is 270 g/mol. The first-order valence-corrected chi connectivity index (χ1v) is 6.16. The zero-order chi connectivity index (χ0) is 13.8. The molecular weight excluding hydrogens is 254 g/mol. The second kappa shape index (κ2) is 5.97. The Morgan fingerprint density at radius 3 is 2.79 bits per heavy atom. The van der Waals surface area contributed by atoms with Gasteiger partial charge in [0.2, 0.25) is 0 Å². The van der Waals surface area contributed by atoms with Crippen LogP contribution in [-0.4, -0.2) is 31.6 Å². The van der Waals surface area contributed by atoms with Gasteiger partial charge in [0.05, 0.1) is 0 Å². The van der Waals surface area contributed by atoms with Crippen molar-refractivity contribution < 1.29 is 18.3 Å². The third-order valence-electron chi connectivity index (χ3n) is 3.00. The molecule has 1 aliphatic heterocycles. The molecule has 0 bridgehead atoms. The zero-order valence-corrected chi connectivity index (χ0v) is 10.6. The van der Waals surface area contributed by atoms with Gasteiger partial charge in [-0.05, 0) is 19.1 Å². The van der Waals surface area contributed by atoms with E-state index in [0.29, 0.717) is 12.5 Å². The highest BCUT2D eigenvalue weighted by Crippen LogP contribution is 2.16. The molecule has 104 valence electrons. The normalized spacial score (nSPS) is 16.6. The van der Waals surface area contributed by atoms with E-state index in [4.69, 9.17) is 4.74 Å². The van der Waals surface area contributed by atoms with Crippen molar-refractivity contribution in [2.75, 3.05) is 19.6 Å². The average Bonchev–Trinajstić information content (AvgIpc) is 2.31. The van der Waals surface area contributed by atoms with Crippen molar-refractivity contribution >= 4 is 5.91 Å². The van der Waals surface area contributed by atoms with Crippen LogP contribution in [0, 0.1) is 17.6 Å². The van der Waals surface area contributed by atoms with Crippen molar-refractivity contribution in [2.24, 2.45) is 5.92 Å². The van der Waals surface area contributed by atoms with Gasteiger partial charge in [-0.1, -0.05) is 0 Å². The summed E-state index contributed by atoms with van der Waals surface area (Å²) in [6.45, 7) is 3.96. The molecule has 1 aliphatic rings. The van der Waals surface area contributed by atoms with Gasteiger partial charge in [-0.2, -0.15) is 0 Å². The predicted octanol–water partition coefficient (Wildman–Crippen LogP) is 1.07. The van der Waals surface area contributed by atoms with Crippen LogP contribution in [0.2, 0.25) is 0 Å². The molecular formula is C13H16F2N2O2. The maximum atomic E-state index is 13.0. The van der Waals surface area contributed by atoms with Gasteiger partial charge in [0.1, 0.15) is 5.75 Å². The van der Waals surface area contributed by atoms with Crippen LogP contribution in [-0.2, 0) is 4.79 Å². The fourth-order valence-corrected chi connectivity index (χ4v) is 1.69. The second-order valence-electron chi connectivity index (χ2n) is 4.61. The quantitative estimate of drug-likeness (QED) is 0.841. The van der Waals surface area contributed by atoms with E-state index in [-0.39, 0.29) is 11.7 Å². The number of nitrogens with one attached hydrogen (secondary N) is 2. The van der Waals surface area contributed by atoms with Gasteiger partial charge < -0.3 is 15.4 Å². The van der Waals surface area contributed by atoms with E-state index in [0.717, 1.165) is 25.2 Å². The molecule has 2 rings (SSSR count). The van der Waals surface area contributed by atoms with Crippen LogP contribution in [0.1, 0.15) is 6.92 Å². The van der Waals surface area contributed by atoms with E-state index in [1.165, 1.54) is 6.07 Å². The molecule has 1 heterocycles. The number of benzene rings is 1. The van der Waals surface area contributed by atoms with Crippen LogP contribution in [0.5, 0.6) is 5.75 Å². The maximum Gasteiger partial charge on any atom is 0.260 e. The number of carbonyl (C=O) groups is 1. The average molecular weight is 270 g/mol. The number of rotatable bonds is 5. The predicted molar refractivity (Wildman–Crippen MR) is 65.8 cm³/mol. The van der Waals surface area contributed by atoms with Gasteiger partial charge in [0, 0.05) is 31.6 Å². The molecule has 0 aromatic heterocycles. The van der Waals surface area contributed by atoms with Gasteiger partial charge in [-0.15, -0.1) is 0 Å². The van der Waals surface area contributed by atoms with E-state index in [1.54, 1.807) is 6.92 Å². The van der Waals surface area contributed by atoms with E-state index in [1.807, 2.05) is 0 Å². The highest BCUT2D eigenvalue weighted by atomic mass is 19.2. The molecule has 6 heteroatoms. The minimum absolute atomic E-state index is 0.131. The van der Waals surface area contributed by atoms with Crippen molar-refractivity contribution in [3.05, 3.63) is 29.8 Å². The van der Waals surface area contributed by atoms with Gasteiger partial charge in [0.25, 0.3) is 5.91 Å². The topological polar surface area (TPSA) is 50.4 Å². The first-order valence-electron chi connectivity index (χ1n) is 6.16. The van der Waals surface area contributed by atoms with Crippen LogP contribution in [0.25, 0.3) is 0 Å². The lowest BCUT2D eigenvalue weighted by Crippen LogP contribution is -2.49. The van der Waals surface area contributed by atoms with Crippen molar-refractivity contribution in [3.8, 4) is 5.75 Å². The summed E-state index contributed by atoms with van der Waals surface area (Å²) in [5.41, 5.74) is 0. The van der Waals surface area contributed by atoms with Gasteiger partial charge in [-0.3, -0.25) is 4.79 Å². The molecule has 0 aliphatic carbocycles. The van der Waals surface area contributed by atoms with Crippen molar-refractivity contribution in [3.63, 3.8) is 0 Å². The Labute approximate surface area is 110 Å². The minimum atomic E-state index is -0.995. The number of halogens is 2. The van der Waals surface area contributed by atoms with Crippen molar-refractivity contribution in [1.29, 1.82) is 0 Å². The number of ether oxygens (including phenoxy) is 1. The van der Waals surface area contributed by atoms with E-state index in [9.17, 15) is 13.6 Å². The summed E-state index contributed by atoms with van der Waals surface area (Å²) < 4.78 is 31.0. The summed E-state index contributed by atoms with van der Waals surface area (Å²) in [5, 5.41) is 5.86. The number of amides is 1. The number of hydrogen-bond acceptors (Lipinski definition) is 3. The summed E-state index contributed by atoms with van der Waals surface area (Å²) in [6, 6.07) is 3.18. The highest BCUT2D eigenvalue weighted by molar-refractivity contribution is 5.80. The van der Waals surface area contributed by atoms with Crippen LogP contribution < -0.4 is 15.4 Å². The second-order valence-corrected chi connectivity index (χ2v) is 4.61. The largest absolute Gasteiger partial charge is 0.481 e. The Balaban J connectivity index is 1.82. The van der Waals surface area contributed by atoms with Gasteiger partial charge >= 0.3 is 0 Å². The molecule has 1 saturated heterocycles. The Morgan fingerprint density at radius 1 is 1.47 bits per heavy atom. The summed E-state index contributed by atoms with van der Waals surface area (Å²) in [6.07, 6.45) is -0.752.